The molecule has 0 saturated heterocycles. The molecule has 108 valence electrons. The van der Waals surface area contributed by atoms with Crippen LogP contribution in [-0.4, -0.2) is 17.0 Å². The Morgan fingerprint density at radius 3 is 2.19 bits per heavy atom. The normalized spacial score (nSPS) is 10.2. The van der Waals surface area contributed by atoms with Crippen LogP contribution in [0.5, 0.6) is 0 Å². The summed E-state index contributed by atoms with van der Waals surface area (Å²) in [7, 11) is 0. The van der Waals surface area contributed by atoms with Gasteiger partial charge in [-0.15, -0.1) is 0 Å². The maximum atomic E-state index is 12.1. The topological polar surface area (TPSA) is 66.4 Å². The van der Waals surface area contributed by atoms with E-state index in [2.05, 4.69) is 21.2 Å². The van der Waals surface area contributed by atoms with Gasteiger partial charge < -0.3 is 10.4 Å². The van der Waals surface area contributed by atoms with Gasteiger partial charge in [0.25, 0.3) is 5.91 Å². The molecule has 0 heterocycles. The van der Waals surface area contributed by atoms with Crippen molar-refractivity contribution in [1.29, 1.82) is 0 Å². The number of hydrogen-bond acceptors (Lipinski definition) is 2. The van der Waals surface area contributed by atoms with Crippen LogP contribution in [-0.2, 0) is 0 Å². The number of halogens is 3. The summed E-state index contributed by atoms with van der Waals surface area (Å²) in [6.45, 7) is 0. The Morgan fingerprint density at radius 1 is 1.00 bits per heavy atom. The molecule has 2 rings (SSSR count). The zero-order chi connectivity index (χ0) is 15.6. The van der Waals surface area contributed by atoms with Crippen LogP contribution in [0.2, 0.25) is 10.0 Å². The van der Waals surface area contributed by atoms with Crippen molar-refractivity contribution in [2.75, 3.05) is 5.32 Å². The highest BCUT2D eigenvalue weighted by Gasteiger charge is 2.12. The summed E-state index contributed by atoms with van der Waals surface area (Å²) in [5.74, 6) is -1.48. The molecule has 4 nitrogen and oxygen atoms in total. The first-order valence-electron chi connectivity index (χ1n) is 5.67. The highest BCUT2D eigenvalue weighted by molar-refractivity contribution is 9.10. The first-order valence-corrected chi connectivity index (χ1v) is 7.22. The average molecular weight is 389 g/mol. The minimum absolute atomic E-state index is 0.0460. The standard InChI is InChI=1S/C14H8BrCl2NO3/c15-9-3-1-7(5-10(9)16)13(19)18-12-4-2-8(14(20)21)6-11(12)17/h1-6H,(H,18,19)(H,20,21). The summed E-state index contributed by atoms with van der Waals surface area (Å²) < 4.78 is 0.685. The molecular weight excluding hydrogens is 381 g/mol. The molecule has 0 aliphatic heterocycles. The molecule has 0 spiro atoms. The second-order valence-electron chi connectivity index (χ2n) is 4.08. The third-order valence-electron chi connectivity index (χ3n) is 2.65. The fourth-order valence-corrected chi connectivity index (χ4v) is 2.24. The molecule has 0 aliphatic carbocycles. The van der Waals surface area contributed by atoms with Gasteiger partial charge in [-0.1, -0.05) is 23.2 Å². The van der Waals surface area contributed by atoms with E-state index in [0.29, 0.717) is 20.7 Å². The van der Waals surface area contributed by atoms with E-state index in [1.807, 2.05) is 0 Å². The molecule has 0 unspecified atom stereocenters. The zero-order valence-corrected chi connectivity index (χ0v) is 13.5. The third-order valence-corrected chi connectivity index (χ3v) is 4.19. The highest BCUT2D eigenvalue weighted by atomic mass is 79.9. The van der Waals surface area contributed by atoms with E-state index in [4.69, 9.17) is 28.3 Å². The minimum atomic E-state index is -1.09. The second-order valence-corrected chi connectivity index (χ2v) is 5.75. The van der Waals surface area contributed by atoms with Crippen LogP contribution >= 0.6 is 39.1 Å². The summed E-state index contributed by atoms with van der Waals surface area (Å²) in [4.78, 5) is 22.9. The quantitative estimate of drug-likeness (QED) is 0.800. The summed E-state index contributed by atoms with van der Waals surface area (Å²) in [6.07, 6.45) is 0. The van der Waals surface area contributed by atoms with Crippen molar-refractivity contribution in [3.63, 3.8) is 0 Å². The molecular formula is C14H8BrCl2NO3. The van der Waals surface area contributed by atoms with Gasteiger partial charge in [0, 0.05) is 10.0 Å². The molecule has 0 aromatic heterocycles. The molecule has 0 aliphatic rings. The number of amides is 1. The van der Waals surface area contributed by atoms with Crippen molar-refractivity contribution in [2.24, 2.45) is 0 Å². The molecule has 2 aromatic carbocycles. The Hall–Kier alpha value is -1.56. The number of rotatable bonds is 3. The molecule has 0 atom stereocenters. The lowest BCUT2D eigenvalue weighted by atomic mass is 10.2. The van der Waals surface area contributed by atoms with Crippen LogP contribution in [0, 0.1) is 0 Å². The Kier molecular flexibility index (Phi) is 4.88. The summed E-state index contributed by atoms with van der Waals surface area (Å²) in [5.41, 5.74) is 0.733. The van der Waals surface area contributed by atoms with Crippen LogP contribution in [0.25, 0.3) is 0 Å². The molecule has 21 heavy (non-hydrogen) atoms. The van der Waals surface area contributed by atoms with Gasteiger partial charge in [0.15, 0.2) is 0 Å². The smallest absolute Gasteiger partial charge is 0.335 e. The van der Waals surface area contributed by atoms with Crippen LogP contribution in [0.4, 0.5) is 5.69 Å². The van der Waals surface area contributed by atoms with Gasteiger partial charge in [-0.3, -0.25) is 4.79 Å². The van der Waals surface area contributed by atoms with E-state index in [1.165, 1.54) is 24.3 Å². The molecule has 0 saturated carbocycles. The predicted octanol–water partition coefficient (Wildman–Crippen LogP) is 4.71. The van der Waals surface area contributed by atoms with Crippen LogP contribution in [0.15, 0.2) is 40.9 Å². The second kappa shape index (κ2) is 6.47. The van der Waals surface area contributed by atoms with E-state index in [-0.39, 0.29) is 10.6 Å². The fraction of sp³-hybridized carbons (Fsp3) is 0. The lowest BCUT2D eigenvalue weighted by Crippen LogP contribution is -2.12. The van der Waals surface area contributed by atoms with Gasteiger partial charge in [-0.2, -0.15) is 0 Å². The molecule has 2 aromatic rings. The lowest BCUT2D eigenvalue weighted by Gasteiger charge is -2.08. The number of carbonyl (C=O) groups is 2. The molecule has 1 amide bonds. The zero-order valence-electron chi connectivity index (χ0n) is 10.4. The van der Waals surface area contributed by atoms with Crippen molar-refractivity contribution in [3.05, 3.63) is 62.0 Å². The molecule has 0 fully saturated rings. The van der Waals surface area contributed by atoms with Gasteiger partial charge >= 0.3 is 5.97 Å². The van der Waals surface area contributed by atoms with Crippen molar-refractivity contribution in [2.45, 2.75) is 0 Å². The first-order chi connectivity index (χ1) is 9.88. The SMILES string of the molecule is O=C(O)c1ccc(NC(=O)c2ccc(Br)c(Cl)c2)c(Cl)c1. The molecule has 2 N–H and O–H groups in total. The van der Waals surface area contributed by atoms with E-state index in [9.17, 15) is 9.59 Å². The maximum Gasteiger partial charge on any atom is 0.335 e. The summed E-state index contributed by atoms with van der Waals surface area (Å²) in [6, 6.07) is 8.84. The number of carbonyl (C=O) groups excluding carboxylic acids is 1. The van der Waals surface area contributed by atoms with Gasteiger partial charge in [-0.25, -0.2) is 4.79 Å². The van der Waals surface area contributed by atoms with Crippen molar-refractivity contribution in [1.82, 2.24) is 0 Å². The van der Waals surface area contributed by atoms with Crippen molar-refractivity contribution < 1.29 is 14.7 Å². The van der Waals surface area contributed by atoms with Crippen LogP contribution in [0.3, 0.4) is 0 Å². The molecule has 0 radical (unpaired) electrons. The first kappa shape index (κ1) is 15.8. The number of carboxylic acid groups (broad SMARTS) is 1. The van der Waals surface area contributed by atoms with Gasteiger partial charge in [0.05, 0.1) is 21.3 Å². The maximum absolute atomic E-state index is 12.1. The predicted molar refractivity (Wildman–Crippen MR) is 85.5 cm³/mol. The average Bonchev–Trinajstić information content (AvgIpc) is 2.43. The number of nitrogens with one attached hydrogen (secondary N) is 1. The molecule has 0 bridgehead atoms. The monoisotopic (exact) mass is 387 g/mol. The Morgan fingerprint density at radius 2 is 1.62 bits per heavy atom. The largest absolute Gasteiger partial charge is 0.478 e. The summed E-state index contributed by atoms with van der Waals surface area (Å²) >= 11 is 15.1. The third kappa shape index (κ3) is 3.75. The van der Waals surface area contributed by atoms with Crippen LogP contribution in [0.1, 0.15) is 20.7 Å². The molecule has 7 heteroatoms. The fourth-order valence-electron chi connectivity index (χ4n) is 1.58. The van der Waals surface area contributed by atoms with Gasteiger partial charge in [0.1, 0.15) is 0 Å². The number of carboxylic acids is 1. The Bertz CT molecular complexity index is 734. The number of aromatic carboxylic acids is 1. The van der Waals surface area contributed by atoms with E-state index in [1.54, 1.807) is 12.1 Å². The number of benzene rings is 2. The Balaban J connectivity index is 2.23. The number of hydrogen-bond donors (Lipinski definition) is 2. The number of anilines is 1. The van der Waals surface area contributed by atoms with Gasteiger partial charge in [0.2, 0.25) is 0 Å². The lowest BCUT2D eigenvalue weighted by molar-refractivity contribution is 0.0696. The van der Waals surface area contributed by atoms with E-state index < -0.39 is 11.9 Å². The summed E-state index contributed by atoms with van der Waals surface area (Å²) in [5, 5.41) is 12.0. The van der Waals surface area contributed by atoms with Crippen molar-refractivity contribution >= 4 is 56.7 Å². The van der Waals surface area contributed by atoms with Gasteiger partial charge in [-0.05, 0) is 52.3 Å². The van der Waals surface area contributed by atoms with E-state index >= 15 is 0 Å². The Labute approximate surface area is 138 Å². The van der Waals surface area contributed by atoms with Crippen molar-refractivity contribution in [3.8, 4) is 0 Å². The van der Waals surface area contributed by atoms with Crippen LogP contribution < -0.4 is 5.32 Å². The minimum Gasteiger partial charge on any atom is -0.478 e. The highest BCUT2D eigenvalue weighted by Crippen LogP contribution is 2.26. The van der Waals surface area contributed by atoms with E-state index in [0.717, 1.165) is 0 Å².